The molecule has 0 aliphatic carbocycles. The lowest BCUT2D eigenvalue weighted by molar-refractivity contribution is 0.220. The van der Waals surface area contributed by atoms with Gasteiger partial charge in [-0.3, -0.25) is 0 Å². The molecule has 0 unspecified atom stereocenters. The van der Waals surface area contributed by atoms with Crippen LogP contribution in [-0.4, -0.2) is 9.67 Å². The largest absolute Gasteiger partial charge is 0.376 e. The maximum absolute atomic E-state index is 9.45. The number of hydrogen-bond donors (Lipinski definition) is 1. The summed E-state index contributed by atoms with van der Waals surface area (Å²) in [6, 6.07) is 14.5. The van der Waals surface area contributed by atoms with Crippen molar-refractivity contribution in [3.8, 4) is 0 Å². The minimum atomic E-state index is 0.0185. The third-order valence-electron chi connectivity index (χ3n) is 2.88. The number of aromatic nitrogens is 1. The summed E-state index contributed by atoms with van der Waals surface area (Å²) >= 11 is 2.31. The smallest absolute Gasteiger partial charge is 0.120 e. The van der Waals surface area contributed by atoms with E-state index in [-0.39, 0.29) is 6.73 Å². The van der Waals surface area contributed by atoms with Crippen molar-refractivity contribution in [3.63, 3.8) is 0 Å². The zero-order valence-electron chi connectivity index (χ0n) is 8.52. The summed E-state index contributed by atoms with van der Waals surface area (Å²) in [6.45, 7) is 0.0185. The Hall–Kier alpha value is -1.07. The Balaban J connectivity index is 2.59. The van der Waals surface area contributed by atoms with Gasteiger partial charge in [-0.15, -0.1) is 0 Å². The lowest BCUT2D eigenvalue weighted by Gasteiger charge is -2.01. The molecule has 1 N–H and O–H groups in total. The molecule has 1 aromatic heterocycles. The molecule has 3 rings (SSSR count). The van der Waals surface area contributed by atoms with Gasteiger partial charge < -0.3 is 9.67 Å². The van der Waals surface area contributed by atoms with Crippen LogP contribution in [0.2, 0.25) is 0 Å². The molecule has 0 atom stereocenters. The van der Waals surface area contributed by atoms with E-state index in [0.717, 1.165) is 11.0 Å². The van der Waals surface area contributed by atoms with Crippen molar-refractivity contribution in [2.24, 2.45) is 0 Å². The van der Waals surface area contributed by atoms with Gasteiger partial charge in [-0.1, -0.05) is 18.2 Å². The molecule has 2 aromatic carbocycles. The zero-order chi connectivity index (χ0) is 11.1. The van der Waals surface area contributed by atoms with Gasteiger partial charge in [0.25, 0.3) is 0 Å². The van der Waals surface area contributed by atoms with E-state index in [1.807, 2.05) is 22.8 Å². The first-order chi connectivity index (χ1) is 7.81. The molecule has 0 bridgehead atoms. The Morgan fingerprint density at radius 2 is 1.75 bits per heavy atom. The quantitative estimate of drug-likeness (QED) is 0.683. The van der Waals surface area contributed by atoms with Crippen LogP contribution in [0.1, 0.15) is 0 Å². The second-order valence-electron chi connectivity index (χ2n) is 3.75. The van der Waals surface area contributed by atoms with Crippen LogP contribution < -0.4 is 0 Å². The molecule has 0 fully saturated rings. The Labute approximate surface area is 107 Å². The van der Waals surface area contributed by atoms with Crippen molar-refractivity contribution < 1.29 is 5.11 Å². The van der Waals surface area contributed by atoms with E-state index in [1.165, 1.54) is 14.3 Å². The van der Waals surface area contributed by atoms with Crippen molar-refractivity contribution in [2.45, 2.75) is 6.73 Å². The van der Waals surface area contributed by atoms with Crippen molar-refractivity contribution >= 4 is 44.4 Å². The van der Waals surface area contributed by atoms with Crippen LogP contribution in [0.15, 0.2) is 42.5 Å². The lowest BCUT2D eigenvalue weighted by Crippen LogP contribution is -1.95. The van der Waals surface area contributed by atoms with Crippen LogP contribution >= 0.6 is 22.6 Å². The first-order valence-electron chi connectivity index (χ1n) is 5.08. The molecule has 0 aliphatic heterocycles. The molecule has 0 saturated carbocycles. The monoisotopic (exact) mass is 323 g/mol. The number of aliphatic hydroxyl groups is 1. The fraction of sp³-hybridized carbons (Fsp3) is 0.0769. The highest BCUT2D eigenvalue weighted by molar-refractivity contribution is 14.1. The van der Waals surface area contributed by atoms with Crippen LogP contribution in [0.3, 0.4) is 0 Å². The number of aliphatic hydroxyl groups excluding tert-OH is 1. The van der Waals surface area contributed by atoms with Crippen LogP contribution in [0.25, 0.3) is 21.8 Å². The predicted molar refractivity (Wildman–Crippen MR) is 74.4 cm³/mol. The molecule has 3 heteroatoms. The van der Waals surface area contributed by atoms with Gasteiger partial charge in [0.1, 0.15) is 6.73 Å². The van der Waals surface area contributed by atoms with E-state index in [9.17, 15) is 5.11 Å². The molecular weight excluding hydrogens is 313 g/mol. The van der Waals surface area contributed by atoms with E-state index in [0.29, 0.717) is 0 Å². The SMILES string of the molecule is OCn1c2ccccc2c2cc(I)ccc21. The fourth-order valence-corrected chi connectivity index (χ4v) is 2.67. The van der Waals surface area contributed by atoms with Crippen molar-refractivity contribution in [1.82, 2.24) is 4.57 Å². The highest BCUT2D eigenvalue weighted by Crippen LogP contribution is 2.29. The summed E-state index contributed by atoms with van der Waals surface area (Å²) in [6.07, 6.45) is 0. The first kappa shape index (κ1) is 10.1. The van der Waals surface area contributed by atoms with E-state index in [2.05, 4.69) is 46.9 Å². The lowest BCUT2D eigenvalue weighted by atomic mass is 10.2. The minimum absolute atomic E-state index is 0.0185. The number of nitrogens with zero attached hydrogens (tertiary/aromatic N) is 1. The highest BCUT2D eigenvalue weighted by atomic mass is 127. The Morgan fingerprint density at radius 1 is 1.00 bits per heavy atom. The molecule has 1 heterocycles. The van der Waals surface area contributed by atoms with Gasteiger partial charge in [-0.2, -0.15) is 0 Å². The number of hydrogen-bond acceptors (Lipinski definition) is 1. The number of fused-ring (bicyclic) bond motifs is 3. The van der Waals surface area contributed by atoms with Crippen LogP contribution in [0.5, 0.6) is 0 Å². The number of halogens is 1. The number of benzene rings is 2. The molecule has 3 aromatic rings. The maximum Gasteiger partial charge on any atom is 0.120 e. The Morgan fingerprint density at radius 3 is 2.56 bits per heavy atom. The summed E-state index contributed by atoms with van der Waals surface area (Å²) in [5.74, 6) is 0. The molecule has 0 amide bonds. The Bertz CT molecular complexity index is 672. The van der Waals surface area contributed by atoms with Gasteiger partial charge in [0.15, 0.2) is 0 Å². The number of para-hydroxylation sites is 1. The highest BCUT2D eigenvalue weighted by Gasteiger charge is 2.08. The predicted octanol–water partition coefficient (Wildman–Crippen LogP) is 3.35. The molecule has 0 aliphatic rings. The second kappa shape index (κ2) is 3.75. The summed E-state index contributed by atoms with van der Waals surface area (Å²) in [4.78, 5) is 0. The fourth-order valence-electron chi connectivity index (χ4n) is 2.18. The topological polar surface area (TPSA) is 25.2 Å². The summed E-state index contributed by atoms with van der Waals surface area (Å²) in [7, 11) is 0. The van der Waals surface area contributed by atoms with Crippen LogP contribution in [-0.2, 0) is 6.73 Å². The van der Waals surface area contributed by atoms with Gasteiger partial charge in [-0.05, 0) is 46.9 Å². The maximum atomic E-state index is 9.45. The molecule has 0 saturated heterocycles. The summed E-state index contributed by atoms with van der Waals surface area (Å²) in [5.41, 5.74) is 2.17. The van der Waals surface area contributed by atoms with Gasteiger partial charge in [-0.25, -0.2) is 0 Å². The van der Waals surface area contributed by atoms with Crippen LogP contribution in [0, 0.1) is 3.57 Å². The third-order valence-corrected chi connectivity index (χ3v) is 3.55. The van der Waals surface area contributed by atoms with Crippen molar-refractivity contribution in [1.29, 1.82) is 0 Å². The zero-order valence-corrected chi connectivity index (χ0v) is 10.7. The molecule has 80 valence electrons. The van der Waals surface area contributed by atoms with Gasteiger partial charge in [0.2, 0.25) is 0 Å². The third kappa shape index (κ3) is 1.35. The van der Waals surface area contributed by atoms with Crippen molar-refractivity contribution in [3.05, 3.63) is 46.0 Å². The average Bonchev–Trinajstić information content (AvgIpc) is 2.62. The van der Waals surface area contributed by atoms with Gasteiger partial charge >= 0.3 is 0 Å². The normalized spacial score (nSPS) is 11.4. The van der Waals surface area contributed by atoms with Crippen LogP contribution in [0.4, 0.5) is 0 Å². The summed E-state index contributed by atoms with van der Waals surface area (Å²) < 4.78 is 3.15. The second-order valence-corrected chi connectivity index (χ2v) is 4.99. The minimum Gasteiger partial charge on any atom is -0.376 e. The summed E-state index contributed by atoms with van der Waals surface area (Å²) in [5, 5.41) is 11.9. The molecule has 0 radical (unpaired) electrons. The van der Waals surface area contributed by atoms with Gasteiger partial charge in [0.05, 0.1) is 11.0 Å². The van der Waals surface area contributed by atoms with E-state index < -0.39 is 0 Å². The van der Waals surface area contributed by atoms with E-state index in [1.54, 1.807) is 0 Å². The Kier molecular flexibility index (Phi) is 2.37. The van der Waals surface area contributed by atoms with E-state index in [4.69, 9.17) is 0 Å². The van der Waals surface area contributed by atoms with Gasteiger partial charge in [0, 0.05) is 14.3 Å². The average molecular weight is 323 g/mol. The van der Waals surface area contributed by atoms with E-state index >= 15 is 0 Å². The molecule has 2 nitrogen and oxygen atoms in total. The number of rotatable bonds is 1. The molecule has 0 spiro atoms. The molecule has 16 heavy (non-hydrogen) atoms. The standard InChI is InChI=1S/C13H10INO/c14-9-5-6-13-11(7-9)10-3-1-2-4-12(10)15(13)8-16/h1-7,16H,8H2. The molecular formula is C13H10INO. The van der Waals surface area contributed by atoms with Crippen molar-refractivity contribution in [2.75, 3.05) is 0 Å². The first-order valence-corrected chi connectivity index (χ1v) is 6.16.